The number of pyridine rings is 1. The SMILES string of the molecule is CC(=O)c1ccc(N2[C@@H]3CC[C@H]2CC(NC(=O)c2ccc(C(N)=O)c(NCCOC(C)C)c2)C3)nc1. The van der Waals surface area contributed by atoms with E-state index >= 15 is 0 Å². The van der Waals surface area contributed by atoms with E-state index in [4.69, 9.17) is 10.5 Å². The summed E-state index contributed by atoms with van der Waals surface area (Å²) in [5.41, 5.74) is 7.47. The van der Waals surface area contributed by atoms with Crippen LogP contribution < -0.4 is 21.3 Å². The van der Waals surface area contributed by atoms with E-state index < -0.39 is 5.91 Å². The number of Topliss-reactive ketones (excluding diaryl/α,β-unsaturated/α-hetero) is 1. The Kier molecular flexibility index (Phi) is 7.88. The molecule has 0 radical (unpaired) electrons. The first kappa shape index (κ1) is 25.6. The first-order chi connectivity index (χ1) is 17.2. The number of anilines is 2. The minimum atomic E-state index is -0.553. The van der Waals surface area contributed by atoms with Crippen molar-refractivity contribution < 1.29 is 19.1 Å². The average molecular weight is 494 g/mol. The highest BCUT2D eigenvalue weighted by atomic mass is 16.5. The number of primary amides is 1. The Morgan fingerprint density at radius 2 is 1.81 bits per heavy atom. The summed E-state index contributed by atoms with van der Waals surface area (Å²) in [5, 5.41) is 6.36. The van der Waals surface area contributed by atoms with Gasteiger partial charge in [-0.2, -0.15) is 0 Å². The van der Waals surface area contributed by atoms with Gasteiger partial charge in [0, 0.05) is 47.7 Å². The molecule has 2 fully saturated rings. The van der Waals surface area contributed by atoms with Crippen molar-refractivity contribution in [3.63, 3.8) is 0 Å². The average Bonchev–Trinajstić information content (AvgIpc) is 3.11. The molecule has 0 aliphatic carbocycles. The topological polar surface area (TPSA) is 127 Å². The van der Waals surface area contributed by atoms with E-state index in [1.165, 1.54) is 6.92 Å². The zero-order chi connectivity index (χ0) is 25.8. The molecule has 1 aromatic carbocycles. The maximum absolute atomic E-state index is 13.1. The van der Waals surface area contributed by atoms with Crippen molar-refractivity contribution in [2.45, 2.75) is 70.7 Å². The molecule has 9 nitrogen and oxygen atoms in total. The monoisotopic (exact) mass is 493 g/mol. The van der Waals surface area contributed by atoms with Gasteiger partial charge in [-0.1, -0.05) is 0 Å². The Labute approximate surface area is 211 Å². The lowest BCUT2D eigenvalue weighted by Crippen LogP contribution is -2.50. The van der Waals surface area contributed by atoms with Gasteiger partial charge in [-0.15, -0.1) is 0 Å². The normalized spacial score (nSPS) is 20.9. The van der Waals surface area contributed by atoms with E-state index in [0.29, 0.717) is 47.6 Å². The summed E-state index contributed by atoms with van der Waals surface area (Å²) in [6, 6.07) is 9.28. The molecular formula is C27H35N5O4. The fourth-order valence-corrected chi connectivity index (χ4v) is 5.21. The van der Waals surface area contributed by atoms with Crippen LogP contribution in [0.5, 0.6) is 0 Å². The molecule has 192 valence electrons. The first-order valence-electron chi connectivity index (χ1n) is 12.6. The van der Waals surface area contributed by atoms with Crippen LogP contribution in [0.15, 0.2) is 36.5 Å². The van der Waals surface area contributed by atoms with Crippen molar-refractivity contribution in [1.29, 1.82) is 0 Å². The molecule has 2 bridgehead atoms. The van der Waals surface area contributed by atoms with Crippen molar-refractivity contribution in [3.05, 3.63) is 53.2 Å². The fourth-order valence-electron chi connectivity index (χ4n) is 5.21. The summed E-state index contributed by atoms with van der Waals surface area (Å²) in [7, 11) is 0. The Bertz CT molecular complexity index is 1100. The molecule has 4 N–H and O–H groups in total. The van der Waals surface area contributed by atoms with Gasteiger partial charge in [-0.05, 0) is 76.8 Å². The van der Waals surface area contributed by atoms with Crippen molar-refractivity contribution in [3.8, 4) is 0 Å². The third kappa shape index (κ3) is 5.84. The summed E-state index contributed by atoms with van der Waals surface area (Å²) in [6.07, 6.45) is 5.50. The maximum Gasteiger partial charge on any atom is 0.251 e. The predicted molar refractivity (Wildman–Crippen MR) is 139 cm³/mol. The van der Waals surface area contributed by atoms with E-state index in [9.17, 15) is 14.4 Å². The number of carbonyl (C=O) groups is 3. The highest BCUT2D eigenvalue weighted by Crippen LogP contribution is 2.38. The number of nitrogens with zero attached hydrogens (tertiary/aromatic N) is 2. The van der Waals surface area contributed by atoms with Gasteiger partial charge < -0.3 is 26.0 Å². The number of ketones is 1. The smallest absolute Gasteiger partial charge is 0.251 e. The number of hydrogen-bond donors (Lipinski definition) is 3. The lowest BCUT2D eigenvalue weighted by Gasteiger charge is -2.40. The second kappa shape index (κ2) is 11.1. The van der Waals surface area contributed by atoms with Gasteiger partial charge in [-0.25, -0.2) is 4.98 Å². The molecule has 9 heteroatoms. The van der Waals surface area contributed by atoms with Crippen LogP contribution in [-0.2, 0) is 4.74 Å². The number of nitrogens with two attached hydrogens (primary N) is 1. The standard InChI is InChI=1S/C27H35N5O4/c1-16(2)36-11-10-29-24-12-18(4-8-23(24)26(28)34)27(35)31-20-13-21-6-7-22(14-20)32(21)25-9-5-19(15-30-25)17(3)33/h4-5,8-9,12,15-16,20-22,29H,6-7,10-11,13-14H2,1-3H3,(H2,28,34)(H,31,35)/t20?,21-,22+. The van der Waals surface area contributed by atoms with Crippen LogP contribution in [0.4, 0.5) is 11.5 Å². The van der Waals surface area contributed by atoms with E-state index in [1.54, 1.807) is 24.4 Å². The summed E-state index contributed by atoms with van der Waals surface area (Å²) >= 11 is 0. The summed E-state index contributed by atoms with van der Waals surface area (Å²) in [4.78, 5) is 43.4. The number of fused-ring (bicyclic) bond motifs is 2. The highest BCUT2D eigenvalue weighted by Gasteiger charge is 2.41. The largest absolute Gasteiger partial charge is 0.382 e. The molecule has 36 heavy (non-hydrogen) atoms. The van der Waals surface area contributed by atoms with Gasteiger partial charge in [0.2, 0.25) is 0 Å². The Balaban J connectivity index is 1.40. The number of benzene rings is 1. The maximum atomic E-state index is 13.1. The molecule has 3 heterocycles. The fraction of sp³-hybridized carbons (Fsp3) is 0.481. The van der Waals surface area contributed by atoms with Gasteiger partial charge in [0.25, 0.3) is 11.8 Å². The van der Waals surface area contributed by atoms with Crippen LogP contribution >= 0.6 is 0 Å². The van der Waals surface area contributed by atoms with Gasteiger partial charge in [0.1, 0.15) is 5.82 Å². The van der Waals surface area contributed by atoms with Crippen molar-refractivity contribution in [1.82, 2.24) is 10.3 Å². The first-order valence-corrected chi connectivity index (χ1v) is 12.6. The van der Waals surface area contributed by atoms with E-state index in [2.05, 4.69) is 20.5 Å². The minimum absolute atomic E-state index is 0.00422. The molecular weight excluding hydrogens is 458 g/mol. The van der Waals surface area contributed by atoms with E-state index in [1.807, 2.05) is 26.0 Å². The van der Waals surface area contributed by atoms with E-state index in [-0.39, 0.29) is 23.8 Å². The van der Waals surface area contributed by atoms with Crippen molar-refractivity contribution in [2.75, 3.05) is 23.4 Å². The Morgan fingerprint density at radius 1 is 1.11 bits per heavy atom. The summed E-state index contributed by atoms with van der Waals surface area (Å²) < 4.78 is 5.54. The number of nitrogens with one attached hydrogen (secondary N) is 2. The van der Waals surface area contributed by atoms with Gasteiger partial charge in [0.05, 0.1) is 18.3 Å². The molecule has 0 saturated carbocycles. The van der Waals surface area contributed by atoms with Gasteiger partial charge in [-0.3, -0.25) is 14.4 Å². The minimum Gasteiger partial charge on any atom is -0.382 e. The summed E-state index contributed by atoms with van der Waals surface area (Å²) in [5.74, 6) is 0.165. The number of amides is 2. The number of rotatable bonds is 10. The number of hydrogen-bond acceptors (Lipinski definition) is 7. The molecule has 2 amide bonds. The third-order valence-corrected chi connectivity index (χ3v) is 6.90. The quantitative estimate of drug-likeness (QED) is 0.343. The van der Waals surface area contributed by atoms with Crippen LogP contribution in [0.2, 0.25) is 0 Å². The van der Waals surface area contributed by atoms with Crippen LogP contribution in [0, 0.1) is 0 Å². The molecule has 2 aliphatic heterocycles. The second-order valence-electron chi connectivity index (χ2n) is 9.87. The van der Waals surface area contributed by atoms with Crippen LogP contribution in [-0.4, -0.2) is 60.0 Å². The predicted octanol–water partition coefficient (Wildman–Crippen LogP) is 3.15. The Morgan fingerprint density at radius 3 is 2.39 bits per heavy atom. The van der Waals surface area contributed by atoms with Crippen LogP contribution in [0.25, 0.3) is 0 Å². The molecule has 1 unspecified atom stereocenters. The molecule has 0 spiro atoms. The summed E-state index contributed by atoms with van der Waals surface area (Å²) in [6.45, 7) is 6.41. The molecule has 3 atom stereocenters. The number of ether oxygens (including phenoxy) is 1. The lowest BCUT2D eigenvalue weighted by molar-refractivity contribution is 0.0869. The van der Waals surface area contributed by atoms with E-state index in [0.717, 1.165) is 31.5 Å². The Hall–Kier alpha value is -3.46. The van der Waals surface area contributed by atoms with Gasteiger partial charge >= 0.3 is 0 Å². The molecule has 2 aliphatic rings. The van der Waals surface area contributed by atoms with Crippen LogP contribution in [0.1, 0.15) is 77.5 Å². The molecule has 1 aromatic heterocycles. The third-order valence-electron chi connectivity index (χ3n) is 6.90. The van der Waals surface area contributed by atoms with Crippen molar-refractivity contribution >= 4 is 29.1 Å². The zero-order valence-electron chi connectivity index (χ0n) is 21.1. The van der Waals surface area contributed by atoms with Crippen LogP contribution in [0.3, 0.4) is 0 Å². The van der Waals surface area contributed by atoms with Gasteiger partial charge in [0.15, 0.2) is 5.78 Å². The zero-order valence-corrected chi connectivity index (χ0v) is 21.1. The molecule has 2 aromatic rings. The van der Waals surface area contributed by atoms with Crippen molar-refractivity contribution in [2.24, 2.45) is 5.73 Å². The molecule has 4 rings (SSSR count). The number of aromatic nitrogens is 1. The number of carbonyl (C=O) groups excluding carboxylic acids is 3. The molecule has 2 saturated heterocycles. The second-order valence-corrected chi connectivity index (χ2v) is 9.87. The highest BCUT2D eigenvalue weighted by molar-refractivity contribution is 6.02. The number of piperidine rings is 1. The lowest BCUT2D eigenvalue weighted by atomic mass is 9.96.